The van der Waals surface area contributed by atoms with Crippen molar-refractivity contribution in [1.29, 1.82) is 0 Å². The van der Waals surface area contributed by atoms with Crippen LogP contribution in [0.2, 0.25) is 0 Å². The second-order valence-electron chi connectivity index (χ2n) is 5.12. The molecule has 1 aliphatic heterocycles. The number of piperidine rings is 1. The Morgan fingerprint density at radius 3 is 2.14 bits per heavy atom. The summed E-state index contributed by atoms with van der Waals surface area (Å²) in [4.78, 5) is 27.0. The van der Waals surface area contributed by atoms with E-state index in [4.69, 9.17) is 5.73 Å². The summed E-state index contributed by atoms with van der Waals surface area (Å²) in [5.41, 5.74) is 5.26. The molecule has 1 saturated heterocycles. The van der Waals surface area contributed by atoms with Gasteiger partial charge in [-0.2, -0.15) is 13.2 Å². The number of halogens is 3. The average molecular weight is 316 g/mol. The van der Waals surface area contributed by atoms with Gasteiger partial charge in [-0.25, -0.2) is 4.79 Å². The fraction of sp³-hybridized carbons (Fsp3) is 0.429. The summed E-state index contributed by atoms with van der Waals surface area (Å²) in [6.07, 6.45) is -4.69. The number of primary amides is 1. The van der Waals surface area contributed by atoms with E-state index in [0.717, 1.165) is 5.06 Å². The number of nitrogens with two attached hydrogens (primary N) is 1. The van der Waals surface area contributed by atoms with Gasteiger partial charge in [0.25, 0.3) is 0 Å². The van der Waals surface area contributed by atoms with Crippen molar-refractivity contribution in [3.8, 4) is 0 Å². The summed E-state index contributed by atoms with van der Waals surface area (Å²) in [7, 11) is 0. The number of benzene rings is 1. The first kappa shape index (κ1) is 16.3. The molecule has 0 unspecified atom stereocenters. The van der Waals surface area contributed by atoms with E-state index in [1.54, 1.807) is 30.3 Å². The molecule has 0 aliphatic carbocycles. The van der Waals surface area contributed by atoms with Crippen LogP contribution in [0.3, 0.4) is 0 Å². The third kappa shape index (κ3) is 3.22. The highest BCUT2D eigenvalue weighted by atomic mass is 19.4. The summed E-state index contributed by atoms with van der Waals surface area (Å²) in [6, 6.07) is 8.81. The van der Waals surface area contributed by atoms with E-state index < -0.39 is 23.5 Å². The Balaban J connectivity index is 2.09. The van der Waals surface area contributed by atoms with E-state index in [2.05, 4.69) is 4.84 Å². The highest BCUT2D eigenvalue weighted by Crippen LogP contribution is 2.35. The maximum atomic E-state index is 12.2. The van der Waals surface area contributed by atoms with Crippen LogP contribution >= 0.6 is 0 Å². The second-order valence-corrected chi connectivity index (χ2v) is 5.12. The monoisotopic (exact) mass is 316 g/mol. The number of carbonyl (C=O) groups is 2. The molecular weight excluding hydrogens is 301 g/mol. The third-order valence-electron chi connectivity index (χ3n) is 3.82. The van der Waals surface area contributed by atoms with Crippen molar-refractivity contribution in [2.24, 2.45) is 5.73 Å². The van der Waals surface area contributed by atoms with Gasteiger partial charge in [-0.15, -0.1) is 5.06 Å². The fourth-order valence-corrected chi connectivity index (χ4v) is 2.56. The number of hydrogen-bond acceptors (Lipinski definition) is 4. The topological polar surface area (TPSA) is 72.6 Å². The zero-order chi connectivity index (χ0) is 16.4. The summed E-state index contributed by atoms with van der Waals surface area (Å²) < 4.78 is 36.5. The van der Waals surface area contributed by atoms with Crippen molar-refractivity contribution in [2.45, 2.75) is 24.4 Å². The first-order valence-electron chi connectivity index (χ1n) is 6.65. The zero-order valence-corrected chi connectivity index (χ0v) is 11.6. The molecule has 5 nitrogen and oxygen atoms in total. The van der Waals surface area contributed by atoms with Crippen molar-refractivity contribution < 1.29 is 27.6 Å². The van der Waals surface area contributed by atoms with E-state index in [0.29, 0.717) is 5.56 Å². The highest BCUT2D eigenvalue weighted by Gasteiger charge is 2.46. The lowest BCUT2D eigenvalue weighted by Crippen LogP contribution is -2.51. The van der Waals surface area contributed by atoms with Gasteiger partial charge in [-0.3, -0.25) is 4.79 Å². The number of nitrogens with zero attached hydrogens (tertiary/aromatic N) is 1. The van der Waals surface area contributed by atoms with Gasteiger partial charge in [0.2, 0.25) is 5.91 Å². The van der Waals surface area contributed by atoms with Crippen molar-refractivity contribution in [2.75, 3.05) is 13.1 Å². The molecule has 2 N–H and O–H groups in total. The molecule has 1 fully saturated rings. The van der Waals surface area contributed by atoms with Gasteiger partial charge in [0.05, 0.1) is 5.41 Å². The number of carbonyl (C=O) groups excluding carboxylic acids is 2. The van der Waals surface area contributed by atoms with E-state index in [9.17, 15) is 22.8 Å². The number of hydroxylamine groups is 2. The number of amides is 1. The van der Waals surface area contributed by atoms with Crippen LogP contribution in [0, 0.1) is 0 Å². The molecule has 8 heteroatoms. The Morgan fingerprint density at radius 2 is 1.68 bits per heavy atom. The molecule has 1 heterocycles. The lowest BCUT2D eigenvalue weighted by atomic mass is 9.72. The van der Waals surface area contributed by atoms with Gasteiger partial charge in [-0.05, 0) is 18.4 Å². The van der Waals surface area contributed by atoms with Gasteiger partial charge in [0.15, 0.2) is 0 Å². The summed E-state index contributed by atoms with van der Waals surface area (Å²) in [5, 5.41) is 0.917. The zero-order valence-electron chi connectivity index (χ0n) is 11.6. The van der Waals surface area contributed by atoms with E-state index in [-0.39, 0.29) is 25.9 Å². The van der Waals surface area contributed by atoms with E-state index in [1.807, 2.05) is 0 Å². The lowest BCUT2D eigenvalue weighted by Gasteiger charge is -2.38. The minimum atomic E-state index is -5.04. The molecule has 0 atom stereocenters. The van der Waals surface area contributed by atoms with Crippen LogP contribution in [0.15, 0.2) is 30.3 Å². The molecule has 120 valence electrons. The summed E-state index contributed by atoms with van der Waals surface area (Å²) in [5.74, 6) is -2.81. The lowest BCUT2D eigenvalue weighted by molar-refractivity contribution is -0.242. The van der Waals surface area contributed by atoms with Crippen LogP contribution in [0.5, 0.6) is 0 Å². The second kappa shape index (κ2) is 5.96. The standard InChI is InChI=1S/C14H15F3N2O3/c15-14(16,17)12(21)22-19-8-6-13(7-9-19,11(18)20)10-4-2-1-3-5-10/h1-5H,6-9H2,(H2,18,20). The Morgan fingerprint density at radius 1 is 1.14 bits per heavy atom. The van der Waals surface area contributed by atoms with Gasteiger partial charge in [0.1, 0.15) is 0 Å². The van der Waals surface area contributed by atoms with Crippen LogP contribution in [0.4, 0.5) is 13.2 Å². The average Bonchev–Trinajstić information content (AvgIpc) is 2.48. The summed E-state index contributed by atoms with van der Waals surface area (Å²) >= 11 is 0. The molecule has 22 heavy (non-hydrogen) atoms. The molecule has 0 bridgehead atoms. The Bertz CT molecular complexity index is 552. The molecule has 0 saturated carbocycles. The first-order valence-corrected chi connectivity index (χ1v) is 6.65. The van der Waals surface area contributed by atoms with Crippen LogP contribution in [0.1, 0.15) is 18.4 Å². The molecular formula is C14H15F3N2O3. The first-order chi connectivity index (χ1) is 10.3. The molecule has 1 amide bonds. The van der Waals surface area contributed by atoms with Crippen molar-refractivity contribution in [3.05, 3.63) is 35.9 Å². The smallest absolute Gasteiger partial charge is 0.369 e. The maximum Gasteiger partial charge on any atom is 0.492 e. The van der Waals surface area contributed by atoms with E-state index in [1.165, 1.54) is 0 Å². The molecule has 2 rings (SSSR count). The molecule has 1 aromatic carbocycles. The highest BCUT2D eigenvalue weighted by molar-refractivity contribution is 5.87. The normalized spacial score (nSPS) is 18.7. The van der Waals surface area contributed by atoms with Crippen molar-refractivity contribution in [1.82, 2.24) is 5.06 Å². The Hall–Kier alpha value is -2.09. The minimum Gasteiger partial charge on any atom is -0.369 e. The molecule has 0 aromatic heterocycles. The Labute approximate surface area is 124 Å². The van der Waals surface area contributed by atoms with E-state index >= 15 is 0 Å². The van der Waals surface area contributed by atoms with Crippen molar-refractivity contribution in [3.63, 3.8) is 0 Å². The third-order valence-corrected chi connectivity index (χ3v) is 3.82. The van der Waals surface area contributed by atoms with Gasteiger partial charge in [-0.1, -0.05) is 30.3 Å². The maximum absolute atomic E-state index is 12.2. The summed E-state index contributed by atoms with van der Waals surface area (Å²) in [6.45, 7) is -0.000686. The number of alkyl halides is 3. The van der Waals surface area contributed by atoms with Crippen LogP contribution in [-0.4, -0.2) is 36.2 Å². The Kier molecular flexibility index (Phi) is 4.41. The molecule has 1 aromatic rings. The molecule has 1 aliphatic rings. The van der Waals surface area contributed by atoms with Gasteiger partial charge < -0.3 is 10.6 Å². The minimum absolute atomic E-state index is 0.000343. The quantitative estimate of drug-likeness (QED) is 0.918. The van der Waals surface area contributed by atoms with Crippen LogP contribution < -0.4 is 5.73 Å². The molecule has 0 radical (unpaired) electrons. The molecule has 0 spiro atoms. The number of rotatable bonds is 3. The number of hydrogen-bond donors (Lipinski definition) is 1. The van der Waals surface area contributed by atoms with Gasteiger partial charge >= 0.3 is 12.1 Å². The van der Waals surface area contributed by atoms with Gasteiger partial charge in [0, 0.05) is 13.1 Å². The van der Waals surface area contributed by atoms with Crippen LogP contribution in [0.25, 0.3) is 0 Å². The van der Waals surface area contributed by atoms with Crippen molar-refractivity contribution >= 4 is 11.9 Å². The fourth-order valence-electron chi connectivity index (χ4n) is 2.56. The predicted octanol–water partition coefficient (Wildman–Crippen LogP) is 1.53. The van der Waals surface area contributed by atoms with Crippen LogP contribution in [-0.2, 0) is 19.8 Å². The predicted molar refractivity (Wildman–Crippen MR) is 70.3 cm³/mol. The SMILES string of the molecule is NC(=O)C1(c2ccccc2)CCN(OC(=O)C(F)(F)F)CC1. The largest absolute Gasteiger partial charge is 0.492 e.